The van der Waals surface area contributed by atoms with Crippen LogP contribution in [0.15, 0.2) is 36.5 Å². The minimum atomic E-state index is 0.280. The predicted octanol–water partition coefficient (Wildman–Crippen LogP) is 2.09. The summed E-state index contributed by atoms with van der Waals surface area (Å²) in [5.41, 5.74) is 10.6. The van der Waals surface area contributed by atoms with Gasteiger partial charge < -0.3 is 5.73 Å². The Hall–Kier alpha value is -1.61. The first-order valence-corrected chi connectivity index (χ1v) is 7.03. The number of aryl methyl sites for hydroxylation is 2. The van der Waals surface area contributed by atoms with Crippen LogP contribution in [-0.2, 0) is 26.3 Å². The summed E-state index contributed by atoms with van der Waals surface area (Å²) in [5, 5.41) is 4.20. The first-order valence-electron chi connectivity index (χ1n) is 7.03. The molecule has 1 atom stereocenters. The van der Waals surface area contributed by atoms with Crippen LogP contribution in [0.2, 0.25) is 0 Å². The van der Waals surface area contributed by atoms with Crippen molar-refractivity contribution in [1.29, 1.82) is 0 Å². The largest absolute Gasteiger partial charge is 0.327 e. The first-order chi connectivity index (χ1) is 9.24. The van der Waals surface area contributed by atoms with Crippen molar-refractivity contribution in [3.8, 4) is 0 Å². The summed E-state index contributed by atoms with van der Waals surface area (Å²) in [4.78, 5) is 0. The van der Waals surface area contributed by atoms with E-state index in [-0.39, 0.29) is 6.04 Å². The topological polar surface area (TPSA) is 43.8 Å². The maximum atomic E-state index is 6.40. The summed E-state index contributed by atoms with van der Waals surface area (Å²) in [6, 6.07) is 11.1. The van der Waals surface area contributed by atoms with E-state index in [1.54, 1.807) is 0 Å². The van der Waals surface area contributed by atoms with Crippen LogP contribution in [-0.4, -0.2) is 15.8 Å². The van der Waals surface area contributed by atoms with Crippen LogP contribution in [0, 0.1) is 5.92 Å². The molecule has 1 aliphatic carbocycles. The molecule has 3 rings (SSSR count). The van der Waals surface area contributed by atoms with E-state index in [9.17, 15) is 0 Å². The van der Waals surface area contributed by atoms with Gasteiger partial charge in [-0.15, -0.1) is 0 Å². The van der Waals surface area contributed by atoms with Gasteiger partial charge in [0, 0.05) is 25.0 Å². The van der Waals surface area contributed by atoms with Gasteiger partial charge in [0.2, 0.25) is 0 Å². The lowest BCUT2D eigenvalue weighted by Crippen LogP contribution is -2.31. The molecule has 0 saturated heterocycles. The summed E-state index contributed by atoms with van der Waals surface area (Å²) in [5.74, 6) is 0.602. The fourth-order valence-electron chi connectivity index (χ4n) is 3.09. The Labute approximate surface area is 114 Å². The third kappa shape index (κ3) is 2.56. The zero-order valence-corrected chi connectivity index (χ0v) is 11.4. The van der Waals surface area contributed by atoms with Crippen molar-refractivity contribution in [2.75, 3.05) is 0 Å². The molecule has 3 heteroatoms. The number of rotatable bonds is 4. The van der Waals surface area contributed by atoms with E-state index in [0.29, 0.717) is 5.92 Å². The lowest BCUT2D eigenvalue weighted by molar-refractivity contribution is 0.414. The van der Waals surface area contributed by atoms with Gasteiger partial charge in [0.1, 0.15) is 0 Å². The van der Waals surface area contributed by atoms with Crippen molar-refractivity contribution >= 4 is 0 Å². The highest BCUT2D eigenvalue weighted by Crippen LogP contribution is 2.29. The number of hydrogen-bond acceptors (Lipinski definition) is 2. The normalized spacial score (nSPS) is 16.5. The van der Waals surface area contributed by atoms with Gasteiger partial charge in [-0.25, -0.2) is 0 Å². The summed E-state index contributed by atoms with van der Waals surface area (Å²) in [7, 11) is 1.99. The van der Waals surface area contributed by atoms with Gasteiger partial charge in [-0.05, 0) is 48.8 Å². The molecule has 1 aromatic carbocycles. The molecule has 0 saturated carbocycles. The molecule has 3 nitrogen and oxygen atoms in total. The molecule has 0 spiro atoms. The Morgan fingerprint density at radius 2 is 1.95 bits per heavy atom. The lowest BCUT2D eigenvalue weighted by Gasteiger charge is -2.18. The Kier molecular flexibility index (Phi) is 3.38. The second kappa shape index (κ2) is 5.17. The Morgan fingerprint density at radius 3 is 2.53 bits per heavy atom. The van der Waals surface area contributed by atoms with Crippen molar-refractivity contribution in [3.63, 3.8) is 0 Å². The molecule has 2 aromatic rings. The smallest absolute Gasteiger partial charge is 0.0492 e. The number of nitrogens with two attached hydrogens (primary N) is 1. The number of hydrogen-bond donors (Lipinski definition) is 1. The Bertz CT molecular complexity index is 534. The van der Waals surface area contributed by atoms with E-state index in [2.05, 4.69) is 35.4 Å². The number of benzene rings is 1. The first kappa shape index (κ1) is 12.4. The van der Waals surface area contributed by atoms with Crippen molar-refractivity contribution in [2.45, 2.75) is 31.7 Å². The Balaban J connectivity index is 1.58. The van der Waals surface area contributed by atoms with Crippen LogP contribution in [0.3, 0.4) is 0 Å². The van der Waals surface area contributed by atoms with Gasteiger partial charge in [-0.2, -0.15) is 5.10 Å². The minimum Gasteiger partial charge on any atom is -0.327 e. The summed E-state index contributed by atoms with van der Waals surface area (Å²) >= 11 is 0. The molecule has 1 unspecified atom stereocenters. The quantitative estimate of drug-likeness (QED) is 0.909. The maximum Gasteiger partial charge on any atom is 0.0492 e. The average molecular weight is 255 g/mol. The zero-order valence-electron chi connectivity index (χ0n) is 11.4. The molecule has 1 aliphatic rings. The second-order valence-electron chi connectivity index (χ2n) is 5.59. The standard InChI is InChI=1S/C16H21N3/c1-19-15(8-9-18-19)6-7-16(17)14-10-12-4-2-3-5-13(12)11-14/h2-5,8-9,14,16H,6-7,10-11,17H2,1H3. The molecular formula is C16H21N3. The second-order valence-corrected chi connectivity index (χ2v) is 5.59. The van der Waals surface area contributed by atoms with Gasteiger partial charge in [0.25, 0.3) is 0 Å². The molecule has 0 fully saturated rings. The third-order valence-corrected chi connectivity index (χ3v) is 4.34. The summed E-state index contributed by atoms with van der Waals surface area (Å²) in [6.45, 7) is 0. The number of fused-ring (bicyclic) bond motifs is 1. The summed E-state index contributed by atoms with van der Waals surface area (Å²) < 4.78 is 1.94. The van der Waals surface area contributed by atoms with Gasteiger partial charge in [-0.1, -0.05) is 24.3 Å². The van der Waals surface area contributed by atoms with Gasteiger partial charge in [-0.3, -0.25) is 4.68 Å². The molecular weight excluding hydrogens is 234 g/mol. The molecule has 1 aromatic heterocycles. The molecule has 0 radical (unpaired) electrons. The van der Waals surface area contributed by atoms with Crippen LogP contribution in [0.4, 0.5) is 0 Å². The SMILES string of the molecule is Cn1nccc1CCC(N)C1Cc2ccccc2C1. The Morgan fingerprint density at radius 1 is 1.26 bits per heavy atom. The number of aromatic nitrogens is 2. The van der Waals surface area contributed by atoms with E-state index in [1.807, 2.05) is 17.9 Å². The van der Waals surface area contributed by atoms with Crippen molar-refractivity contribution in [2.24, 2.45) is 18.7 Å². The van der Waals surface area contributed by atoms with Crippen molar-refractivity contribution in [1.82, 2.24) is 9.78 Å². The van der Waals surface area contributed by atoms with Crippen LogP contribution in [0.25, 0.3) is 0 Å². The van der Waals surface area contributed by atoms with Crippen LogP contribution in [0.5, 0.6) is 0 Å². The highest BCUT2D eigenvalue weighted by atomic mass is 15.2. The number of nitrogens with zero attached hydrogens (tertiary/aromatic N) is 2. The van der Waals surface area contributed by atoms with Crippen LogP contribution < -0.4 is 5.73 Å². The van der Waals surface area contributed by atoms with E-state index < -0.39 is 0 Å². The monoisotopic (exact) mass is 255 g/mol. The van der Waals surface area contributed by atoms with Crippen LogP contribution in [0.1, 0.15) is 23.2 Å². The molecule has 19 heavy (non-hydrogen) atoms. The van der Waals surface area contributed by atoms with Crippen molar-refractivity contribution in [3.05, 3.63) is 53.3 Å². The van der Waals surface area contributed by atoms with E-state index in [4.69, 9.17) is 5.73 Å². The van der Waals surface area contributed by atoms with Gasteiger partial charge in [0.15, 0.2) is 0 Å². The molecule has 2 N–H and O–H groups in total. The van der Waals surface area contributed by atoms with Gasteiger partial charge in [0.05, 0.1) is 0 Å². The molecule has 0 bridgehead atoms. The zero-order chi connectivity index (χ0) is 13.2. The third-order valence-electron chi connectivity index (χ3n) is 4.34. The molecule has 0 amide bonds. The van der Waals surface area contributed by atoms with E-state index in [0.717, 1.165) is 25.7 Å². The minimum absolute atomic E-state index is 0.280. The molecule has 0 aliphatic heterocycles. The lowest BCUT2D eigenvalue weighted by atomic mass is 9.93. The fourth-order valence-corrected chi connectivity index (χ4v) is 3.09. The van der Waals surface area contributed by atoms with E-state index in [1.165, 1.54) is 16.8 Å². The molecule has 100 valence electrons. The average Bonchev–Trinajstić information content (AvgIpc) is 3.01. The fraction of sp³-hybridized carbons (Fsp3) is 0.438. The summed E-state index contributed by atoms with van der Waals surface area (Å²) in [6.07, 6.45) is 6.19. The highest BCUT2D eigenvalue weighted by molar-refractivity contribution is 5.32. The predicted molar refractivity (Wildman–Crippen MR) is 76.8 cm³/mol. The molecule has 1 heterocycles. The van der Waals surface area contributed by atoms with Crippen LogP contribution >= 0.6 is 0 Å². The van der Waals surface area contributed by atoms with Crippen molar-refractivity contribution < 1.29 is 0 Å². The van der Waals surface area contributed by atoms with Gasteiger partial charge >= 0.3 is 0 Å². The highest BCUT2D eigenvalue weighted by Gasteiger charge is 2.26. The van der Waals surface area contributed by atoms with E-state index >= 15 is 0 Å². The maximum absolute atomic E-state index is 6.40.